The zero-order valence-electron chi connectivity index (χ0n) is 15.4. The van der Waals surface area contributed by atoms with Gasteiger partial charge in [-0.2, -0.15) is 0 Å². The van der Waals surface area contributed by atoms with Gasteiger partial charge >= 0.3 is 0 Å². The van der Waals surface area contributed by atoms with Gasteiger partial charge in [0.1, 0.15) is 5.82 Å². The number of aryl methyl sites for hydroxylation is 1. The van der Waals surface area contributed by atoms with Crippen molar-refractivity contribution >= 4 is 16.8 Å². The maximum absolute atomic E-state index is 13.8. The fourth-order valence-electron chi connectivity index (χ4n) is 3.12. The second-order valence-electron chi connectivity index (χ2n) is 7.54. The number of hydrogen-bond donors (Lipinski definition) is 2. The van der Waals surface area contributed by atoms with E-state index in [2.05, 4.69) is 15.3 Å². The molecular formula is C21H24FN3O. The minimum Gasteiger partial charge on any atom is -0.353 e. The lowest BCUT2D eigenvalue weighted by Crippen LogP contribution is -2.40. The molecular weight excluding hydrogens is 329 g/mol. The molecule has 1 amide bonds. The molecule has 0 aliphatic rings. The average Bonchev–Trinajstić information content (AvgIpc) is 2.92. The molecule has 2 N–H and O–H groups in total. The summed E-state index contributed by atoms with van der Waals surface area (Å²) in [4.78, 5) is 19.8. The summed E-state index contributed by atoms with van der Waals surface area (Å²) in [5.41, 5.74) is 3.35. The van der Waals surface area contributed by atoms with Crippen molar-refractivity contribution in [3.05, 3.63) is 54.0 Å². The number of nitrogens with one attached hydrogen (secondary N) is 2. The van der Waals surface area contributed by atoms with Crippen LogP contribution < -0.4 is 5.32 Å². The van der Waals surface area contributed by atoms with Crippen LogP contribution in [0.3, 0.4) is 0 Å². The number of halogens is 1. The van der Waals surface area contributed by atoms with E-state index in [1.165, 1.54) is 6.07 Å². The number of hydrogen-bond acceptors (Lipinski definition) is 2. The molecule has 1 aromatic carbocycles. The van der Waals surface area contributed by atoms with Crippen molar-refractivity contribution in [1.29, 1.82) is 0 Å². The maximum Gasteiger partial charge on any atom is 0.220 e. The Balaban J connectivity index is 1.86. The SMILES string of the molecule is CC(C)(C)NC(=O)CCCc1c(-c2ccccn2)[nH]c2ccc(F)cc12. The molecule has 3 aromatic rings. The fourth-order valence-corrected chi connectivity index (χ4v) is 3.12. The molecule has 3 rings (SSSR count). The van der Waals surface area contributed by atoms with E-state index >= 15 is 0 Å². The van der Waals surface area contributed by atoms with Crippen molar-refractivity contribution < 1.29 is 9.18 Å². The molecule has 0 bridgehead atoms. The second kappa shape index (κ2) is 7.28. The summed E-state index contributed by atoms with van der Waals surface area (Å²) in [7, 11) is 0. The van der Waals surface area contributed by atoms with E-state index in [4.69, 9.17) is 0 Å². The Morgan fingerprint density at radius 1 is 1.23 bits per heavy atom. The van der Waals surface area contributed by atoms with E-state index < -0.39 is 0 Å². The number of nitrogens with zero attached hydrogens (tertiary/aromatic N) is 1. The van der Waals surface area contributed by atoms with Crippen LogP contribution in [0.15, 0.2) is 42.6 Å². The zero-order valence-corrected chi connectivity index (χ0v) is 15.4. The third kappa shape index (κ3) is 4.28. The summed E-state index contributed by atoms with van der Waals surface area (Å²) in [6, 6.07) is 10.4. The van der Waals surface area contributed by atoms with Crippen LogP contribution in [0.25, 0.3) is 22.3 Å². The Labute approximate surface area is 152 Å². The van der Waals surface area contributed by atoms with Gasteiger partial charge in [-0.05, 0) is 69.5 Å². The van der Waals surface area contributed by atoms with Crippen molar-refractivity contribution in [2.75, 3.05) is 0 Å². The Hall–Kier alpha value is -2.69. The van der Waals surface area contributed by atoms with Crippen LogP contribution in [-0.4, -0.2) is 21.4 Å². The quantitative estimate of drug-likeness (QED) is 0.704. The first-order valence-corrected chi connectivity index (χ1v) is 8.86. The van der Waals surface area contributed by atoms with E-state index in [1.54, 1.807) is 18.3 Å². The maximum atomic E-state index is 13.8. The monoisotopic (exact) mass is 353 g/mol. The molecule has 4 nitrogen and oxygen atoms in total. The lowest BCUT2D eigenvalue weighted by molar-refractivity contribution is -0.122. The van der Waals surface area contributed by atoms with Crippen molar-refractivity contribution in [1.82, 2.24) is 15.3 Å². The summed E-state index contributed by atoms with van der Waals surface area (Å²) >= 11 is 0. The normalized spacial score (nSPS) is 11.7. The molecule has 5 heteroatoms. The van der Waals surface area contributed by atoms with Gasteiger partial charge in [0, 0.05) is 29.1 Å². The Bertz CT molecular complexity index is 910. The molecule has 0 radical (unpaired) electrons. The minimum absolute atomic E-state index is 0.0305. The molecule has 26 heavy (non-hydrogen) atoms. The van der Waals surface area contributed by atoms with Gasteiger partial charge < -0.3 is 10.3 Å². The van der Waals surface area contributed by atoms with E-state index in [0.717, 1.165) is 27.9 Å². The fraction of sp³-hybridized carbons (Fsp3) is 0.333. The van der Waals surface area contributed by atoms with Crippen LogP contribution in [0, 0.1) is 5.82 Å². The molecule has 0 saturated carbocycles. The first kappa shape index (κ1) is 18.1. The number of amides is 1. The molecule has 0 fully saturated rings. The lowest BCUT2D eigenvalue weighted by atomic mass is 10.0. The first-order valence-electron chi connectivity index (χ1n) is 8.86. The van der Waals surface area contributed by atoms with Gasteiger partial charge in [-0.3, -0.25) is 9.78 Å². The molecule has 136 valence electrons. The highest BCUT2D eigenvalue weighted by Crippen LogP contribution is 2.31. The Morgan fingerprint density at radius 3 is 2.73 bits per heavy atom. The Morgan fingerprint density at radius 2 is 2.04 bits per heavy atom. The summed E-state index contributed by atoms with van der Waals surface area (Å²) < 4.78 is 13.8. The van der Waals surface area contributed by atoms with E-state index in [9.17, 15) is 9.18 Å². The number of H-pyrrole nitrogens is 1. The Kier molecular flexibility index (Phi) is 5.07. The van der Waals surface area contributed by atoms with Gasteiger partial charge in [0.2, 0.25) is 5.91 Å². The second-order valence-corrected chi connectivity index (χ2v) is 7.54. The number of carbonyl (C=O) groups excluding carboxylic acids is 1. The zero-order chi connectivity index (χ0) is 18.7. The first-order chi connectivity index (χ1) is 12.3. The van der Waals surface area contributed by atoms with Gasteiger partial charge in [-0.15, -0.1) is 0 Å². The predicted molar refractivity (Wildman–Crippen MR) is 102 cm³/mol. The van der Waals surface area contributed by atoms with Gasteiger partial charge in [0.25, 0.3) is 0 Å². The predicted octanol–water partition coefficient (Wildman–Crippen LogP) is 4.61. The van der Waals surface area contributed by atoms with E-state index in [1.807, 2.05) is 39.0 Å². The molecule has 0 aliphatic heterocycles. The van der Waals surface area contributed by atoms with Gasteiger partial charge in [-0.25, -0.2) is 4.39 Å². The molecule has 0 spiro atoms. The number of fused-ring (bicyclic) bond motifs is 1. The van der Waals surface area contributed by atoms with Crippen LogP contribution in [0.1, 0.15) is 39.2 Å². The highest BCUT2D eigenvalue weighted by atomic mass is 19.1. The van der Waals surface area contributed by atoms with Crippen LogP contribution in [0.4, 0.5) is 4.39 Å². The standard InChI is InChI=1S/C21H24FN3O/c1-21(2,3)25-19(26)9-6-7-15-16-13-14(22)10-11-17(16)24-20(15)18-8-4-5-12-23-18/h4-5,8,10-13,24H,6-7,9H2,1-3H3,(H,25,26). The molecule has 0 unspecified atom stereocenters. The number of aromatic nitrogens is 2. The van der Waals surface area contributed by atoms with Crippen molar-refractivity contribution in [3.63, 3.8) is 0 Å². The summed E-state index contributed by atoms with van der Waals surface area (Å²) in [5.74, 6) is -0.237. The molecule has 2 aromatic heterocycles. The van der Waals surface area contributed by atoms with Crippen molar-refractivity contribution in [3.8, 4) is 11.4 Å². The van der Waals surface area contributed by atoms with Gasteiger partial charge in [0.05, 0.1) is 11.4 Å². The molecule has 0 saturated heterocycles. The smallest absolute Gasteiger partial charge is 0.220 e. The van der Waals surface area contributed by atoms with Crippen LogP contribution in [-0.2, 0) is 11.2 Å². The van der Waals surface area contributed by atoms with Gasteiger partial charge in [0.15, 0.2) is 0 Å². The number of pyridine rings is 1. The number of carbonyl (C=O) groups is 1. The summed E-state index contributed by atoms with van der Waals surface area (Å²) in [5, 5.41) is 3.82. The molecule has 0 aliphatic carbocycles. The highest BCUT2D eigenvalue weighted by Gasteiger charge is 2.17. The van der Waals surface area contributed by atoms with Crippen molar-refractivity contribution in [2.45, 2.75) is 45.6 Å². The van der Waals surface area contributed by atoms with E-state index in [0.29, 0.717) is 19.3 Å². The van der Waals surface area contributed by atoms with Crippen LogP contribution in [0.2, 0.25) is 0 Å². The molecule has 0 atom stereocenters. The number of benzene rings is 1. The average molecular weight is 353 g/mol. The largest absolute Gasteiger partial charge is 0.353 e. The number of aromatic amines is 1. The third-order valence-electron chi connectivity index (χ3n) is 4.13. The van der Waals surface area contributed by atoms with E-state index in [-0.39, 0.29) is 17.3 Å². The van der Waals surface area contributed by atoms with Crippen LogP contribution in [0.5, 0.6) is 0 Å². The van der Waals surface area contributed by atoms with Crippen LogP contribution >= 0.6 is 0 Å². The van der Waals surface area contributed by atoms with Gasteiger partial charge in [-0.1, -0.05) is 6.07 Å². The highest BCUT2D eigenvalue weighted by molar-refractivity contribution is 5.90. The minimum atomic E-state index is -0.268. The summed E-state index contributed by atoms with van der Waals surface area (Å²) in [6.45, 7) is 5.89. The van der Waals surface area contributed by atoms with Crippen molar-refractivity contribution in [2.24, 2.45) is 0 Å². The third-order valence-corrected chi connectivity index (χ3v) is 4.13. The summed E-state index contributed by atoms with van der Waals surface area (Å²) in [6.07, 6.45) is 3.53. The molecule has 2 heterocycles. The lowest BCUT2D eigenvalue weighted by Gasteiger charge is -2.20. The number of rotatable bonds is 5. The topological polar surface area (TPSA) is 57.8 Å².